The van der Waals surface area contributed by atoms with Crippen LogP contribution in [0.25, 0.3) is 0 Å². The zero-order chi connectivity index (χ0) is 22.8. The summed E-state index contributed by atoms with van der Waals surface area (Å²) in [6.45, 7) is 8.05. The molecule has 0 spiro atoms. The summed E-state index contributed by atoms with van der Waals surface area (Å²) in [5.74, 6) is -1.33. The molecule has 2 saturated heterocycles. The van der Waals surface area contributed by atoms with Crippen molar-refractivity contribution in [1.29, 1.82) is 5.41 Å². The zero-order valence-corrected chi connectivity index (χ0v) is 18.6. The van der Waals surface area contributed by atoms with Gasteiger partial charge in [0.1, 0.15) is 5.60 Å². The van der Waals surface area contributed by atoms with Crippen LogP contribution >= 0.6 is 0 Å². The van der Waals surface area contributed by atoms with E-state index in [-0.39, 0.29) is 24.1 Å². The molecule has 2 aliphatic heterocycles. The van der Waals surface area contributed by atoms with Crippen molar-refractivity contribution in [3.63, 3.8) is 0 Å². The van der Waals surface area contributed by atoms with E-state index in [0.717, 1.165) is 11.4 Å². The lowest BCUT2D eigenvalue weighted by Crippen LogP contribution is -2.50. The Morgan fingerprint density at radius 1 is 1.19 bits per heavy atom. The number of piperazine rings is 1. The highest BCUT2D eigenvalue weighted by Crippen LogP contribution is 2.28. The highest BCUT2D eigenvalue weighted by Gasteiger charge is 2.32. The second-order valence-corrected chi connectivity index (χ2v) is 8.85. The smallest absolute Gasteiger partial charge is 0.410 e. The molecule has 3 N–H and O–H groups in total. The molecule has 3 rings (SSSR count). The van der Waals surface area contributed by atoms with Crippen LogP contribution in [0.1, 0.15) is 39.2 Å². The molecule has 9 heteroatoms. The highest BCUT2D eigenvalue weighted by molar-refractivity contribution is 6.17. The maximum atomic E-state index is 12.3. The average molecular weight is 430 g/mol. The molecule has 168 valence electrons. The summed E-state index contributed by atoms with van der Waals surface area (Å²) in [5, 5.41) is 14.0. The Labute approximate surface area is 182 Å². The number of carbonyl (C=O) groups is 3. The monoisotopic (exact) mass is 429 g/mol. The second-order valence-electron chi connectivity index (χ2n) is 8.85. The first kappa shape index (κ1) is 22.6. The number of carbonyl (C=O) groups excluding carboxylic acids is 3. The van der Waals surface area contributed by atoms with Gasteiger partial charge in [-0.1, -0.05) is 0 Å². The normalized spacial score (nSPS) is 19.7. The molecule has 1 unspecified atom stereocenters. The molecule has 2 fully saturated rings. The van der Waals surface area contributed by atoms with Crippen LogP contribution < -0.4 is 15.5 Å². The first-order chi connectivity index (χ1) is 14.6. The van der Waals surface area contributed by atoms with Gasteiger partial charge in [-0.2, -0.15) is 0 Å². The summed E-state index contributed by atoms with van der Waals surface area (Å²) in [6, 6.07) is 5.73. The van der Waals surface area contributed by atoms with E-state index >= 15 is 0 Å². The molecule has 0 bridgehead atoms. The highest BCUT2D eigenvalue weighted by atomic mass is 16.6. The minimum atomic E-state index is -0.631. The van der Waals surface area contributed by atoms with E-state index < -0.39 is 17.4 Å². The van der Waals surface area contributed by atoms with Crippen molar-refractivity contribution in [2.45, 2.75) is 39.2 Å². The molecule has 9 nitrogen and oxygen atoms in total. The van der Waals surface area contributed by atoms with Gasteiger partial charge in [0.2, 0.25) is 11.8 Å². The van der Waals surface area contributed by atoms with Crippen LogP contribution in [0.15, 0.2) is 18.2 Å². The molecular formula is C22H31N5O4. The SMILES string of the molecule is CNc1cc(N2CCN(C(=O)OC(C)(C)C)CC2)ccc1C(=N)C1CCC(=O)NC1=O. The molecule has 2 heterocycles. The van der Waals surface area contributed by atoms with Crippen molar-refractivity contribution in [3.05, 3.63) is 23.8 Å². The molecule has 0 aliphatic carbocycles. The number of hydrogen-bond donors (Lipinski definition) is 3. The number of anilines is 2. The number of nitrogens with zero attached hydrogens (tertiary/aromatic N) is 2. The number of nitrogens with one attached hydrogen (secondary N) is 3. The quantitative estimate of drug-likeness (QED) is 0.499. The third-order valence-corrected chi connectivity index (χ3v) is 5.45. The third kappa shape index (κ3) is 5.34. The molecule has 0 aromatic heterocycles. The third-order valence-electron chi connectivity index (χ3n) is 5.45. The summed E-state index contributed by atoms with van der Waals surface area (Å²) in [7, 11) is 1.78. The van der Waals surface area contributed by atoms with Crippen molar-refractivity contribution < 1.29 is 19.1 Å². The van der Waals surface area contributed by atoms with Crippen molar-refractivity contribution in [1.82, 2.24) is 10.2 Å². The van der Waals surface area contributed by atoms with Gasteiger partial charge in [0.15, 0.2) is 0 Å². The lowest BCUT2D eigenvalue weighted by atomic mass is 9.88. The number of imide groups is 1. The van der Waals surface area contributed by atoms with Crippen LogP contribution in [0.4, 0.5) is 16.2 Å². The largest absolute Gasteiger partial charge is 0.444 e. The van der Waals surface area contributed by atoms with Gasteiger partial charge in [0.25, 0.3) is 0 Å². The van der Waals surface area contributed by atoms with E-state index in [1.165, 1.54) is 0 Å². The van der Waals surface area contributed by atoms with Crippen molar-refractivity contribution in [2.75, 3.05) is 43.4 Å². The standard InChI is InChI=1S/C22H31N5O4/c1-22(2,3)31-21(30)27-11-9-26(10-12-27)14-5-6-15(17(13-14)24-4)19(23)16-7-8-18(28)25-20(16)29/h5-6,13,16,23-24H,7-12H2,1-4H3,(H,25,28,29). The van der Waals surface area contributed by atoms with Crippen LogP contribution in [-0.4, -0.2) is 67.3 Å². The Bertz CT molecular complexity index is 884. The fourth-order valence-electron chi connectivity index (χ4n) is 3.80. The maximum absolute atomic E-state index is 12.3. The van der Waals surface area contributed by atoms with E-state index in [1.807, 2.05) is 39.0 Å². The predicted molar refractivity (Wildman–Crippen MR) is 119 cm³/mol. The second kappa shape index (κ2) is 8.95. The lowest BCUT2D eigenvalue weighted by Gasteiger charge is -2.37. The van der Waals surface area contributed by atoms with E-state index in [1.54, 1.807) is 11.9 Å². The minimum absolute atomic E-state index is 0.204. The summed E-state index contributed by atoms with van der Waals surface area (Å²) >= 11 is 0. The van der Waals surface area contributed by atoms with Crippen molar-refractivity contribution in [2.24, 2.45) is 5.92 Å². The van der Waals surface area contributed by atoms with Gasteiger partial charge in [-0.25, -0.2) is 4.79 Å². The van der Waals surface area contributed by atoms with Crippen LogP contribution in [0.5, 0.6) is 0 Å². The number of rotatable bonds is 4. The number of amides is 3. The molecule has 3 amide bonds. The first-order valence-electron chi connectivity index (χ1n) is 10.6. The van der Waals surface area contributed by atoms with Crippen molar-refractivity contribution >= 4 is 35.0 Å². The number of piperidine rings is 1. The average Bonchev–Trinajstić information content (AvgIpc) is 2.71. The molecule has 1 aromatic rings. The molecule has 1 atom stereocenters. The first-order valence-corrected chi connectivity index (χ1v) is 10.6. The lowest BCUT2D eigenvalue weighted by molar-refractivity contribution is -0.134. The number of benzene rings is 1. The summed E-state index contributed by atoms with van der Waals surface area (Å²) in [5.41, 5.74) is 2.07. The van der Waals surface area contributed by atoms with Crippen LogP contribution in [-0.2, 0) is 14.3 Å². The Kier molecular flexibility index (Phi) is 6.52. The van der Waals surface area contributed by atoms with Crippen molar-refractivity contribution in [3.8, 4) is 0 Å². The Morgan fingerprint density at radius 3 is 2.45 bits per heavy atom. The molecule has 31 heavy (non-hydrogen) atoms. The van der Waals surface area contributed by atoms with E-state index in [9.17, 15) is 14.4 Å². The minimum Gasteiger partial charge on any atom is -0.444 e. The van der Waals surface area contributed by atoms with Gasteiger partial charge in [0.05, 0.1) is 11.6 Å². The topological polar surface area (TPSA) is 115 Å². The molecular weight excluding hydrogens is 398 g/mol. The number of hydrogen-bond acceptors (Lipinski definition) is 7. The van der Waals surface area contributed by atoms with Crippen LogP contribution in [0, 0.1) is 11.3 Å². The molecule has 0 radical (unpaired) electrons. The van der Waals surface area contributed by atoms with Gasteiger partial charge >= 0.3 is 6.09 Å². The van der Waals surface area contributed by atoms with Gasteiger partial charge in [-0.3, -0.25) is 14.9 Å². The molecule has 1 aromatic carbocycles. The van der Waals surface area contributed by atoms with Crippen LogP contribution in [0.2, 0.25) is 0 Å². The summed E-state index contributed by atoms with van der Waals surface area (Å²) < 4.78 is 5.45. The Hall–Kier alpha value is -3.10. The van der Waals surface area contributed by atoms with E-state index in [4.69, 9.17) is 10.1 Å². The summed E-state index contributed by atoms with van der Waals surface area (Å²) in [6.07, 6.45) is 0.297. The van der Waals surface area contributed by atoms with Gasteiger partial charge in [0, 0.05) is 56.6 Å². The van der Waals surface area contributed by atoms with E-state index in [2.05, 4.69) is 15.5 Å². The Balaban J connectivity index is 1.68. The summed E-state index contributed by atoms with van der Waals surface area (Å²) in [4.78, 5) is 39.7. The van der Waals surface area contributed by atoms with E-state index in [0.29, 0.717) is 38.2 Å². The van der Waals surface area contributed by atoms with Gasteiger partial charge in [-0.15, -0.1) is 0 Å². The van der Waals surface area contributed by atoms with Gasteiger partial charge in [-0.05, 0) is 45.4 Å². The fraction of sp³-hybridized carbons (Fsp3) is 0.545. The molecule has 0 saturated carbocycles. The molecule has 2 aliphatic rings. The fourth-order valence-corrected chi connectivity index (χ4v) is 3.80. The van der Waals surface area contributed by atoms with Crippen LogP contribution in [0.3, 0.4) is 0 Å². The number of ether oxygens (including phenoxy) is 1. The maximum Gasteiger partial charge on any atom is 0.410 e. The predicted octanol–water partition coefficient (Wildman–Crippen LogP) is 2.21. The Morgan fingerprint density at radius 2 is 1.87 bits per heavy atom. The van der Waals surface area contributed by atoms with Gasteiger partial charge < -0.3 is 25.3 Å². The zero-order valence-electron chi connectivity index (χ0n) is 18.6.